The molecule has 1 saturated carbocycles. The molecule has 1 heterocycles. The highest BCUT2D eigenvalue weighted by Gasteiger charge is 2.28. The van der Waals surface area contributed by atoms with Crippen molar-refractivity contribution < 1.29 is 0 Å². The van der Waals surface area contributed by atoms with Gasteiger partial charge in [0.05, 0.1) is 0 Å². The first kappa shape index (κ1) is 15.4. The maximum Gasteiger partial charge on any atom is 0.0449 e. The summed E-state index contributed by atoms with van der Waals surface area (Å²) in [6.45, 7) is 3.60. The third-order valence-electron chi connectivity index (χ3n) is 5.13. The van der Waals surface area contributed by atoms with E-state index in [2.05, 4.69) is 58.6 Å². The van der Waals surface area contributed by atoms with Gasteiger partial charge in [0.1, 0.15) is 0 Å². The molecule has 116 valence electrons. The van der Waals surface area contributed by atoms with E-state index in [1.165, 1.54) is 50.8 Å². The van der Waals surface area contributed by atoms with Gasteiger partial charge in [-0.05, 0) is 57.0 Å². The summed E-state index contributed by atoms with van der Waals surface area (Å²) >= 11 is 2.07. The van der Waals surface area contributed by atoms with Crippen molar-refractivity contribution in [2.45, 2.75) is 49.4 Å². The molecule has 2 fully saturated rings. The quantitative estimate of drug-likeness (QED) is 0.916. The third kappa shape index (κ3) is 4.02. The molecule has 2 nitrogen and oxygen atoms in total. The summed E-state index contributed by atoms with van der Waals surface area (Å²) in [5.41, 5.74) is 1.45. The minimum atomic E-state index is 0.506. The highest BCUT2D eigenvalue weighted by atomic mass is 32.2. The minimum absolute atomic E-state index is 0.506. The Kier molecular flexibility index (Phi) is 5.61. The summed E-state index contributed by atoms with van der Waals surface area (Å²) in [6, 6.07) is 12.3. The van der Waals surface area contributed by atoms with Crippen LogP contribution in [-0.4, -0.2) is 42.1 Å². The number of nitrogens with one attached hydrogen (secondary N) is 1. The standard InChI is InChI=1S/C18H28N2S/c1-21-17-10-8-16(9-11-17)20-13-5-12-19-18(14-20)15-6-3-2-4-7-15/h2-4,6-7,16-19H,5,8-14H2,1H3. The third-order valence-corrected chi connectivity index (χ3v) is 6.26. The molecule has 1 aromatic rings. The van der Waals surface area contributed by atoms with Crippen LogP contribution in [0.5, 0.6) is 0 Å². The molecule has 3 rings (SSSR count). The second-order valence-corrected chi connectivity index (χ2v) is 7.57. The van der Waals surface area contributed by atoms with Gasteiger partial charge in [-0.25, -0.2) is 0 Å². The Morgan fingerprint density at radius 2 is 1.86 bits per heavy atom. The van der Waals surface area contributed by atoms with Crippen molar-refractivity contribution in [2.24, 2.45) is 0 Å². The van der Waals surface area contributed by atoms with Gasteiger partial charge in [-0.2, -0.15) is 11.8 Å². The lowest BCUT2D eigenvalue weighted by Gasteiger charge is -2.37. The molecule has 1 unspecified atom stereocenters. The fourth-order valence-electron chi connectivity index (χ4n) is 3.84. The van der Waals surface area contributed by atoms with Crippen LogP contribution in [0.2, 0.25) is 0 Å². The van der Waals surface area contributed by atoms with E-state index >= 15 is 0 Å². The van der Waals surface area contributed by atoms with Crippen LogP contribution in [-0.2, 0) is 0 Å². The average molecular weight is 305 g/mol. The highest BCUT2D eigenvalue weighted by Crippen LogP contribution is 2.31. The zero-order valence-electron chi connectivity index (χ0n) is 13.1. The van der Waals surface area contributed by atoms with E-state index in [9.17, 15) is 0 Å². The molecule has 1 aliphatic heterocycles. The fourth-order valence-corrected chi connectivity index (χ4v) is 4.58. The van der Waals surface area contributed by atoms with Gasteiger partial charge < -0.3 is 5.32 Å². The van der Waals surface area contributed by atoms with Gasteiger partial charge in [0, 0.05) is 23.9 Å². The van der Waals surface area contributed by atoms with Gasteiger partial charge in [0.25, 0.3) is 0 Å². The molecular weight excluding hydrogens is 276 g/mol. The first-order chi connectivity index (χ1) is 10.4. The van der Waals surface area contributed by atoms with Crippen LogP contribution in [0.3, 0.4) is 0 Å². The molecular formula is C18H28N2S. The molecule has 2 aliphatic rings. The number of rotatable bonds is 3. The number of benzene rings is 1. The number of hydrogen-bond acceptors (Lipinski definition) is 3. The second kappa shape index (κ2) is 7.66. The first-order valence-electron chi connectivity index (χ1n) is 8.42. The predicted molar refractivity (Wildman–Crippen MR) is 92.9 cm³/mol. The fraction of sp³-hybridized carbons (Fsp3) is 0.667. The number of hydrogen-bond donors (Lipinski definition) is 1. The van der Waals surface area contributed by atoms with Crippen molar-refractivity contribution in [3.05, 3.63) is 35.9 Å². The molecule has 0 amide bonds. The maximum absolute atomic E-state index is 3.74. The van der Waals surface area contributed by atoms with Crippen LogP contribution in [0.4, 0.5) is 0 Å². The molecule has 1 aromatic carbocycles. The molecule has 1 aliphatic carbocycles. The maximum atomic E-state index is 3.74. The van der Waals surface area contributed by atoms with Crippen molar-refractivity contribution in [1.29, 1.82) is 0 Å². The lowest BCUT2D eigenvalue weighted by molar-refractivity contribution is 0.155. The SMILES string of the molecule is CSC1CCC(N2CCCNC(c3ccccc3)C2)CC1. The molecule has 1 atom stereocenters. The van der Waals surface area contributed by atoms with Crippen molar-refractivity contribution in [3.63, 3.8) is 0 Å². The van der Waals surface area contributed by atoms with E-state index in [1.807, 2.05) is 0 Å². The van der Waals surface area contributed by atoms with E-state index in [0.29, 0.717) is 6.04 Å². The molecule has 0 bridgehead atoms. The van der Waals surface area contributed by atoms with E-state index in [0.717, 1.165) is 17.8 Å². The smallest absolute Gasteiger partial charge is 0.0449 e. The van der Waals surface area contributed by atoms with Gasteiger partial charge in [-0.3, -0.25) is 4.90 Å². The van der Waals surface area contributed by atoms with Crippen molar-refractivity contribution >= 4 is 11.8 Å². The van der Waals surface area contributed by atoms with E-state index in [1.54, 1.807) is 0 Å². The van der Waals surface area contributed by atoms with Gasteiger partial charge in [-0.1, -0.05) is 30.3 Å². The molecule has 3 heteroatoms. The molecule has 1 saturated heterocycles. The van der Waals surface area contributed by atoms with Crippen LogP contribution in [0.1, 0.15) is 43.7 Å². The van der Waals surface area contributed by atoms with Crippen molar-refractivity contribution in [1.82, 2.24) is 10.2 Å². The molecule has 0 spiro atoms. The van der Waals surface area contributed by atoms with E-state index < -0.39 is 0 Å². The van der Waals surface area contributed by atoms with Crippen LogP contribution >= 0.6 is 11.8 Å². The summed E-state index contributed by atoms with van der Waals surface area (Å²) in [7, 11) is 0. The molecule has 0 aromatic heterocycles. The molecule has 21 heavy (non-hydrogen) atoms. The lowest BCUT2D eigenvalue weighted by Crippen LogP contribution is -2.41. The number of nitrogens with zero attached hydrogens (tertiary/aromatic N) is 1. The van der Waals surface area contributed by atoms with Gasteiger partial charge in [0.15, 0.2) is 0 Å². The lowest BCUT2D eigenvalue weighted by atomic mass is 9.93. The number of thioether (sulfide) groups is 1. The minimum Gasteiger partial charge on any atom is -0.309 e. The summed E-state index contributed by atoms with van der Waals surface area (Å²) in [6.07, 6.45) is 9.16. The summed E-state index contributed by atoms with van der Waals surface area (Å²) in [5.74, 6) is 0. The Balaban J connectivity index is 1.63. The zero-order chi connectivity index (χ0) is 14.5. The average Bonchev–Trinajstić information content (AvgIpc) is 2.82. The van der Waals surface area contributed by atoms with Crippen molar-refractivity contribution in [3.8, 4) is 0 Å². The largest absolute Gasteiger partial charge is 0.309 e. The molecule has 1 N–H and O–H groups in total. The van der Waals surface area contributed by atoms with Crippen molar-refractivity contribution in [2.75, 3.05) is 25.9 Å². The van der Waals surface area contributed by atoms with E-state index in [4.69, 9.17) is 0 Å². The Morgan fingerprint density at radius 3 is 2.57 bits per heavy atom. The topological polar surface area (TPSA) is 15.3 Å². The molecule has 0 radical (unpaired) electrons. The van der Waals surface area contributed by atoms with Crippen LogP contribution in [0.15, 0.2) is 30.3 Å². The summed E-state index contributed by atoms with van der Waals surface area (Å²) < 4.78 is 0. The first-order valence-corrected chi connectivity index (χ1v) is 9.71. The zero-order valence-corrected chi connectivity index (χ0v) is 13.9. The van der Waals surface area contributed by atoms with Gasteiger partial charge in [0.2, 0.25) is 0 Å². The van der Waals surface area contributed by atoms with Gasteiger partial charge >= 0.3 is 0 Å². The highest BCUT2D eigenvalue weighted by molar-refractivity contribution is 7.99. The predicted octanol–water partition coefficient (Wildman–Crippen LogP) is 3.70. The van der Waals surface area contributed by atoms with Gasteiger partial charge in [-0.15, -0.1) is 0 Å². The summed E-state index contributed by atoms with van der Waals surface area (Å²) in [4.78, 5) is 2.77. The van der Waals surface area contributed by atoms with Crippen LogP contribution in [0.25, 0.3) is 0 Å². The Morgan fingerprint density at radius 1 is 1.10 bits per heavy atom. The second-order valence-electron chi connectivity index (χ2n) is 6.43. The Labute approximate surface area is 133 Å². The Bertz CT molecular complexity index is 414. The Hall–Kier alpha value is -0.510. The normalized spacial score (nSPS) is 31.8. The van der Waals surface area contributed by atoms with Crippen LogP contribution in [0, 0.1) is 0 Å². The van der Waals surface area contributed by atoms with Crippen LogP contribution < -0.4 is 5.32 Å². The summed E-state index contributed by atoms with van der Waals surface area (Å²) in [5, 5.41) is 4.65. The monoisotopic (exact) mass is 304 g/mol. The van der Waals surface area contributed by atoms with E-state index in [-0.39, 0.29) is 0 Å².